The highest BCUT2D eigenvalue weighted by Gasteiger charge is 2.86. The summed E-state index contributed by atoms with van der Waals surface area (Å²) in [5, 5.41) is 8.08. The third-order valence-electron chi connectivity index (χ3n) is 13.5. The van der Waals surface area contributed by atoms with Crippen LogP contribution in [0.4, 0.5) is 0 Å². The van der Waals surface area contributed by atoms with Crippen molar-refractivity contribution >= 4 is 23.5 Å². The van der Waals surface area contributed by atoms with E-state index in [1.165, 1.54) is 32.1 Å². The predicted octanol–water partition coefficient (Wildman–Crippen LogP) is 0.0782. The van der Waals surface area contributed by atoms with E-state index < -0.39 is 29.0 Å². The SMILES string of the molecule is CCC1C=CC([NH2+]CC2CCCCC2)C(COC(=O)C23OC2(CC=C(C)CC(NC(N)=[NH+]C)C2CC[NH2+]C(N)C2)C(=O)C2CCCCC2C3=O)C1. The Morgan fingerprint density at radius 2 is 1.82 bits per heavy atom. The fourth-order valence-electron chi connectivity index (χ4n) is 10.3. The van der Waals surface area contributed by atoms with Crippen molar-refractivity contribution in [2.45, 2.75) is 140 Å². The Hall–Kier alpha value is -2.60. The Kier molecular flexibility index (Phi) is 12.4. The van der Waals surface area contributed by atoms with Crippen LogP contribution < -0.4 is 32.4 Å². The number of nitrogens with two attached hydrogens (primary N) is 4. The van der Waals surface area contributed by atoms with E-state index in [0.29, 0.717) is 37.1 Å². The van der Waals surface area contributed by atoms with Crippen LogP contribution in [0.25, 0.3) is 0 Å². The molecule has 11 heteroatoms. The molecule has 0 aromatic carbocycles. The van der Waals surface area contributed by atoms with Crippen molar-refractivity contribution in [3.8, 4) is 0 Å². The van der Waals surface area contributed by atoms with Gasteiger partial charge in [-0.25, -0.2) is 4.79 Å². The second kappa shape index (κ2) is 16.6. The van der Waals surface area contributed by atoms with Crippen molar-refractivity contribution in [2.24, 2.45) is 47.0 Å². The average molecular weight is 712 g/mol. The molecule has 2 saturated heterocycles. The van der Waals surface area contributed by atoms with Gasteiger partial charge in [0.25, 0.3) is 5.60 Å². The first-order valence-electron chi connectivity index (χ1n) is 20.4. The number of fused-ring (bicyclic) bond motifs is 2. The summed E-state index contributed by atoms with van der Waals surface area (Å²) < 4.78 is 12.5. The predicted molar refractivity (Wildman–Crippen MR) is 195 cm³/mol. The minimum atomic E-state index is -1.84. The molecular formula is C40H67N6O5+3. The first kappa shape index (κ1) is 38.1. The molecule has 0 aromatic heterocycles. The standard InChI is InChI=1S/C40H64N6O5/c1-4-26-14-15-32(45-23-27-10-6-5-7-11-27)29(21-26)24-50-37(49)40-36(48)31-13-9-8-12-30(31)35(47)39(40,51-40)18-16-25(2)20-33(46-38(42)43-3)28-17-19-44-34(41)22-28/h14-16,26-34,44-45H,4-13,17-24,41H2,1-3H3,(H3,42,43,46)/p+3. The van der Waals surface area contributed by atoms with Crippen LogP contribution in [0.2, 0.25) is 0 Å². The maximum atomic E-state index is 14.4. The number of esters is 1. The number of carbonyl (C=O) groups excluding carboxylic acids is 3. The van der Waals surface area contributed by atoms with Crippen LogP contribution in [0.3, 0.4) is 0 Å². The molecule has 2 aliphatic heterocycles. The van der Waals surface area contributed by atoms with Gasteiger partial charge in [0.1, 0.15) is 18.8 Å². The Bertz CT molecular complexity index is 1360. The Morgan fingerprint density at radius 3 is 2.53 bits per heavy atom. The molecule has 284 valence electrons. The fourth-order valence-corrected chi connectivity index (χ4v) is 10.3. The molecule has 10 unspecified atom stereocenters. The molecule has 3 saturated carbocycles. The topological polar surface area (TPSA) is 184 Å². The minimum absolute atomic E-state index is 0.0477. The van der Waals surface area contributed by atoms with Gasteiger partial charge in [-0.1, -0.05) is 56.8 Å². The molecule has 5 fully saturated rings. The van der Waals surface area contributed by atoms with Crippen molar-refractivity contribution in [2.75, 3.05) is 26.7 Å². The number of hydrogen-bond donors (Lipinski definition) is 6. The van der Waals surface area contributed by atoms with Gasteiger partial charge >= 0.3 is 11.9 Å². The van der Waals surface area contributed by atoms with Crippen molar-refractivity contribution in [1.82, 2.24) is 5.32 Å². The molecule has 11 nitrogen and oxygen atoms in total. The van der Waals surface area contributed by atoms with E-state index in [0.717, 1.165) is 63.1 Å². The largest absolute Gasteiger partial charge is 0.463 e. The summed E-state index contributed by atoms with van der Waals surface area (Å²) in [4.78, 5) is 46.0. The molecule has 51 heavy (non-hydrogen) atoms. The van der Waals surface area contributed by atoms with Gasteiger partial charge in [-0.15, -0.1) is 0 Å². The van der Waals surface area contributed by atoms with Gasteiger partial charge in [0, 0.05) is 55.3 Å². The second-order valence-electron chi connectivity index (χ2n) is 16.9. The van der Waals surface area contributed by atoms with Crippen molar-refractivity contribution in [3.05, 3.63) is 23.8 Å². The average Bonchev–Trinajstić information content (AvgIpc) is 3.86. The lowest BCUT2D eigenvalue weighted by molar-refractivity contribution is -0.699. The van der Waals surface area contributed by atoms with Gasteiger partial charge in [0.05, 0.1) is 26.2 Å². The summed E-state index contributed by atoms with van der Waals surface area (Å²) in [6.07, 6.45) is 21.1. The zero-order valence-electron chi connectivity index (χ0n) is 31.5. The number of nitrogens with one attached hydrogen (secondary N) is 2. The lowest BCUT2D eigenvalue weighted by atomic mass is 9.61. The maximum Gasteiger partial charge on any atom is 0.350 e. The molecule has 10 atom stereocenters. The summed E-state index contributed by atoms with van der Waals surface area (Å²) in [5.41, 5.74) is 10.2. The minimum Gasteiger partial charge on any atom is -0.463 e. The monoisotopic (exact) mass is 712 g/mol. The van der Waals surface area contributed by atoms with Crippen LogP contribution in [-0.4, -0.2) is 79.7 Å². The molecule has 2 heterocycles. The Morgan fingerprint density at radius 1 is 1.10 bits per heavy atom. The smallest absolute Gasteiger partial charge is 0.350 e. The number of guanidine groups is 1. The van der Waals surface area contributed by atoms with Crippen LogP contribution in [0.1, 0.15) is 110 Å². The normalized spacial score (nSPS) is 38.1. The highest BCUT2D eigenvalue weighted by molar-refractivity contribution is 6.23. The summed E-state index contributed by atoms with van der Waals surface area (Å²) in [7, 11) is 1.79. The van der Waals surface area contributed by atoms with Crippen LogP contribution in [-0.2, 0) is 23.9 Å². The number of piperidine rings is 1. The van der Waals surface area contributed by atoms with E-state index in [4.69, 9.17) is 20.9 Å². The molecular weight excluding hydrogens is 644 g/mol. The third-order valence-corrected chi connectivity index (χ3v) is 13.5. The number of epoxide rings is 1. The zero-order valence-corrected chi connectivity index (χ0v) is 31.5. The van der Waals surface area contributed by atoms with Gasteiger partial charge < -0.3 is 20.1 Å². The first-order chi connectivity index (χ1) is 24.6. The second-order valence-corrected chi connectivity index (χ2v) is 16.9. The Labute approximate surface area is 304 Å². The van der Waals surface area contributed by atoms with E-state index in [-0.39, 0.29) is 48.8 Å². The summed E-state index contributed by atoms with van der Waals surface area (Å²) >= 11 is 0. The molecule has 0 bridgehead atoms. The van der Waals surface area contributed by atoms with Crippen LogP contribution in [0.5, 0.6) is 0 Å². The van der Waals surface area contributed by atoms with Crippen LogP contribution >= 0.6 is 0 Å². The number of quaternary nitrogens is 2. The van der Waals surface area contributed by atoms with E-state index >= 15 is 0 Å². The number of Topliss-reactive ketones (excluding diaryl/α,β-unsaturated/α-hetero) is 2. The van der Waals surface area contributed by atoms with E-state index in [1.807, 2.05) is 13.0 Å². The van der Waals surface area contributed by atoms with Gasteiger partial charge in [-0.3, -0.25) is 31.4 Å². The van der Waals surface area contributed by atoms with Gasteiger partial charge in [-0.05, 0) is 57.4 Å². The van der Waals surface area contributed by atoms with Crippen molar-refractivity contribution in [3.63, 3.8) is 0 Å². The number of hydrogen-bond acceptors (Lipinski definition) is 6. The molecule has 4 aliphatic carbocycles. The summed E-state index contributed by atoms with van der Waals surface area (Å²) in [6, 6.07) is 0.279. The van der Waals surface area contributed by atoms with Crippen molar-refractivity contribution in [1.29, 1.82) is 0 Å². The zero-order chi connectivity index (χ0) is 36.2. The molecule has 0 aromatic rings. The van der Waals surface area contributed by atoms with E-state index in [2.05, 4.69) is 40.0 Å². The number of ether oxygens (including phenoxy) is 2. The van der Waals surface area contributed by atoms with Crippen LogP contribution in [0.15, 0.2) is 23.8 Å². The van der Waals surface area contributed by atoms with Gasteiger partial charge in [0.15, 0.2) is 17.2 Å². The molecule has 6 aliphatic rings. The summed E-state index contributed by atoms with van der Waals surface area (Å²) in [6.45, 7) is 6.53. The highest BCUT2D eigenvalue weighted by Crippen LogP contribution is 2.61. The molecule has 0 radical (unpaired) electrons. The first-order valence-corrected chi connectivity index (χ1v) is 20.4. The number of rotatable bonds is 13. The Balaban J connectivity index is 1.18. The van der Waals surface area contributed by atoms with Crippen LogP contribution in [0, 0.1) is 35.5 Å². The third kappa shape index (κ3) is 8.02. The number of allylic oxidation sites excluding steroid dienone is 1. The molecule has 0 spiro atoms. The maximum absolute atomic E-state index is 14.4. The fraction of sp³-hybridized carbons (Fsp3) is 0.800. The molecule has 6 rings (SSSR count). The highest BCUT2D eigenvalue weighted by atomic mass is 16.7. The number of ketones is 2. The van der Waals surface area contributed by atoms with E-state index in [1.54, 1.807) is 7.05 Å². The quantitative estimate of drug-likeness (QED) is 0.0388. The van der Waals surface area contributed by atoms with Crippen molar-refractivity contribution < 1.29 is 39.5 Å². The lowest BCUT2D eigenvalue weighted by Crippen LogP contribution is -2.95. The van der Waals surface area contributed by atoms with E-state index in [9.17, 15) is 14.4 Å². The number of carbonyl (C=O) groups is 3. The molecule has 0 amide bonds. The van der Waals surface area contributed by atoms with Gasteiger partial charge in [0.2, 0.25) is 0 Å². The lowest BCUT2D eigenvalue weighted by Gasteiger charge is -2.37. The summed E-state index contributed by atoms with van der Waals surface area (Å²) in [5.74, 6) is 0.319. The van der Waals surface area contributed by atoms with Gasteiger partial charge in [-0.2, -0.15) is 0 Å². The molecule has 10 N–H and O–H groups in total.